The van der Waals surface area contributed by atoms with Crippen LogP contribution < -0.4 is 10.2 Å². The molecular formula is C18H26N2O3. The van der Waals surface area contributed by atoms with E-state index in [1.54, 1.807) is 4.90 Å². The number of nitrogens with zero attached hydrogens (tertiary/aromatic N) is 1. The van der Waals surface area contributed by atoms with Crippen molar-refractivity contribution >= 4 is 23.3 Å². The number of ether oxygens (including phenoxy) is 1. The molecule has 1 aliphatic heterocycles. The fraction of sp³-hybridized carbons (Fsp3) is 0.556. The molecule has 0 fully saturated rings. The molecule has 5 nitrogen and oxygen atoms in total. The largest absolute Gasteiger partial charge is 0.464 e. The van der Waals surface area contributed by atoms with Crippen LogP contribution in [0.2, 0.25) is 0 Å². The lowest BCUT2D eigenvalue weighted by molar-refractivity contribution is -0.143. The molecule has 1 aromatic carbocycles. The van der Waals surface area contributed by atoms with Crippen molar-refractivity contribution in [3.63, 3.8) is 0 Å². The van der Waals surface area contributed by atoms with Crippen molar-refractivity contribution in [3.8, 4) is 0 Å². The van der Waals surface area contributed by atoms with Crippen molar-refractivity contribution < 1.29 is 14.3 Å². The van der Waals surface area contributed by atoms with Crippen LogP contribution in [0.25, 0.3) is 0 Å². The van der Waals surface area contributed by atoms with E-state index >= 15 is 0 Å². The number of carbonyl (C=O) groups excluding carboxylic acids is 2. The summed E-state index contributed by atoms with van der Waals surface area (Å²) < 4.78 is 5.26. The van der Waals surface area contributed by atoms with Gasteiger partial charge in [0, 0.05) is 0 Å². The van der Waals surface area contributed by atoms with Crippen molar-refractivity contribution in [1.29, 1.82) is 0 Å². The van der Waals surface area contributed by atoms with Crippen LogP contribution in [0.4, 0.5) is 11.4 Å². The fourth-order valence-corrected chi connectivity index (χ4v) is 2.62. The molecule has 0 bridgehead atoms. The first-order valence-electron chi connectivity index (χ1n) is 8.35. The summed E-state index contributed by atoms with van der Waals surface area (Å²) in [5.41, 5.74) is 1.63. The Labute approximate surface area is 138 Å². The van der Waals surface area contributed by atoms with Gasteiger partial charge in [-0.1, -0.05) is 39.3 Å². The summed E-state index contributed by atoms with van der Waals surface area (Å²) in [4.78, 5) is 26.3. The van der Waals surface area contributed by atoms with Gasteiger partial charge in [0.15, 0.2) is 0 Å². The summed E-state index contributed by atoms with van der Waals surface area (Å²) >= 11 is 0. The Morgan fingerprint density at radius 3 is 2.78 bits per heavy atom. The first-order chi connectivity index (χ1) is 11.0. The lowest BCUT2D eigenvalue weighted by Crippen LogP contribution is -2.49. The van der Waals surface area contributed by atoms with Gasteiger partial charge in [-0.3, -0.25) is 14.5 Å². The minimum absolute atomic E-state index is 0.0319. The summed E-state index contributed by atoms with van der Waals surface area (Å²) in [6.07, 6.45) is 2.47. The number of fused-ring (bicyclic) bond motifs is 1. The summed E-state index contributed by atoms with van der Waals surface area (Å²) in [5, 5.41) is 3.27. The summed E-state index contributed by atoms with van der Waals surface area (Å²) in [5.74, 6) is 0.0654. The van der Waals surface area contributed by atoms with Crippen LogP contribution in [-0.4, -0.2) is 31.1 Å². The number of carbonyl (C=O) groups is 2. The van der Waals surface area contributed by atoms with Gasteiger partial charge in [0.05, 0.1) is 18.0 Å². The molecule has 0 saturated carbocycles. The molecule has 1 aromatic rings. The maximum absolute atomic E-state index is 12.7. The van der Waals surface area contributed by atoms with Gasteiger partial charge in [0.25, 0.3) is 0 Å². The molecule has 126 valence electrons. The van der Waals surface area contributed by atoms with Crippen LogP contribution in [0.15, 0.2) is 24.3 Å². The minimum atomic E-state index is -0.356. The number of hydrogen-bond acceptors (Lipinski definition) is 4. The van der Waals surface area contributed by atoms with Crippen LogP contribution in [0.1, 0.15) is 40.0 Å². The van der Waals surface area contributed by atoms with Crippen molar-refractivity contribution in [2.45, 2.75) is 46.1 Å². The van der Waals surface area contributed by atoms with Gasteiger partial charge >= 0.3 is 5.97 Å². The fourth-order valence-electron chi connectivity index (χ4n) is 2.62. The molecule has 1 heterocycles. The smallest absolute Gasteiger partial charge is 0.326 e. The average Bonchev–Trinajstić information content (AvgIpc) is 2.51. The van der Waals surface area contributed by atoms with Crippen LogP contribution >= 0.6 is 0 Å². The molecule has 0 aliphatic carbocycles. The molecule has 2 rings (SSSR count). The molecule has 0 aromatic heterocycles. The molecule has 1 N–H and O–H groups in total. The van der Waals surface area contributed by atoms with Crippen molar-refractivity contribution in [2.24, 2.45) is 5.92 Å². The second kappa shape index (κ2) is 7.99. The molecule has 0 saturated heterocycles. The van der Waals surface area contributed by atoms with E-state index in [9.17, 15) is 9.59 Å². The molecule has 1 aliphatic rings. The standard InChI is InChI=1S/C18H26N2O3/c1-4-7-15-18(22)20(12-17(21)23-11-10-13(2)3)16-9-6-5-8-14(16)19-15/h5-6,8-9,13,15,19H,4,7,10-12H2,1-3H3. The second-order valence-electron chi connectivity index (χ2n) is 6.33. The summed E-state index contributed by atoms with van der Waals surface area (Å²) in [6, 6.07) is 7.29. The molecule has 1 atom stereocenters. The highest BCUT2D eigenvalue weighted by Crippen LogP contribution is 2.32. The predicted octanol–water partition coefficient (Wildman–Crippen LogP) is 3.20. The van der Waals surface area contributed by atoms with Crippen LogP contribution in [0.5, 0.6) is 0 Å². The molecular weight excluding hydrogens is 292 g/mol. The quantitative estimate of drug-likeness (QED) is 0.784. The van der Waals surface area contributed by atoms with E-state index < -0.39 is 0 Å². The molecule has 5 heteroatoms. The number of benzene rings is 1. The van der Waals surface area contributed by atoms with E-state index in [1.807, 2.05) is 31.2 Å². The van der Waals surface area contributed by atoms with Gasteiger partial charge < -0.3 is 10.1 Å². The zero-order chi connectivity index (χ0) is 16.8. The molecule has 0 radical (unpaired) electrons. The predicted molar refractivity (Wildman–Crippen MR) is 91.5 cm³/mol. The van der Waals surface area contributed by atoms with Gasteiger partial charge in [-0.25, -0.2) is 0 Å². The van der Waals surface area contributed by atoms with Gasteiger partial charge in [0.2, 0.25) is 5.91 Å². The highest BCUT2D eigenvalue weighted by Gasteiger charge is 2.33. The monoisotopic (exact) mass is 318 g/mol. The first kappa shape index (κ1) is 17.3. The van der Waals surface area contributed by atoms with E-state index in [0.29, 0.717) is 12.5 Å². The van der Waals surface area contributed by atoms with E-state index in [2.05, 4.69) is 19.2 Å². The number of hydrogen-bond donors (Lipinski definition) is 1. The van der Waals surface area contributed by atoms with Gasteiger partial charge in [-0.05, 0) is 30.9 Å². The molecule has 1 unspecified atom stereocenters. The highest BCUT2D eigenvalue weighted by atomic mass is 16.5. The Balaban J connectivity index is 2.08. The third kappa shape index (κ3) is 4.47. The normalized spacial score (nSPS) is 17.0. The highest BCUT2D eigenvalue weighted by molar-refractivity contribution is 6.07. The Hall–Kier alpha value is -2.04. The molecule has 23 heavy (non-hydrogen) atoms. The second-order valence-corrected chi connectivity index (χ2v) is 6.33. The number of nitrogens with one attached hydrogen (secondary N) is 1. The zero-order valence-corrected chi connectivity index (χ0v) is 14.2. The Kier molecular flexibility index (Phi) is 6.02. The average molecular weight is 318 g/mol. The first-order valence-corrected chi connectivity index (χ1v) is 8.35. The van der Waals surface area contributed by atoms with Crippen LogP contribution in [0, 0.1) is 5.92 Å². The molecule has 0 spiro atoms. The zero-order valence-electron chi connectivity index (χ0n) is 14.2. The summed E-state index contributed by atoms with van der Waals surface area (Å²) in [6.45, 7) is 6.57. The van der Waals surface area contributed by atoms with Crippen molar-refractivity contribution in [2.75, 3.05) is 23.4 Å². The van der Waals surface area contributed by atoms with Crippen LogP contribution in [0.3, 0.4) is 0 Å². The Morgan fingerprint density at radius 1 is 1.35 bits per heavy atom. The summed E-state index contributed by atoms with van der Waals surface area (Å²) in [7, 11) is 0. The number of para-hydroxylation sites is 2. The lowest BCUT2D eigenvalue weighted by Gasteiger charge is -2.34. The number of amides is 1. The minimum Gasteiger partial charge on any atom is -0.464 e. The topological polar surface area (TPSA) is 58.6 Å². The Bertz CT molecular complexity index is 557. The van der Waals surface area contributed by atoms with Crippen molar-refractivity contribution in [3.05, 3.63) is 24.3 Å². The third-order valence-corrected chi connectivity index (χ3v) is 3.91. The molecule has 1 amide bonds. The number of rotatable bonds is 7. The Morgan fingerprint density at radius 2 is 2.09 bits per heavy atom. The van der Waals surface area contributed by atoms with Gasteiger partial charge in [-0.15, -0.1) is 0 Å². The lowest BCUT2D eigenvalue weighted by atomic mass is 10.0. The van der Waals surface area contributed by atoms with Crippen LogP contribution in [-0.2, 0) is 14.3 Å². The maximum atomic E-state index is 12.7. The van der Waals surface area contributed by atoms with Crippen molar-refractivity contribution in [1.82, 2.24) is 0 Å². The number of esters is 1. The van der Waals surface area contributed by atoms with Gasteiger partial charge in [-0.2, -0.15) is 0 Å². The SMILES string of the molecule is CCCC1Nc2ccccc2N(CC(=O)OCCC(C)C)C1=O. The third-order valence-electron chi connectivity index (χ3n) is 3.91. The van der Waals surface area contributed by atoms with Gasteiger partial charge in [0.1, 0.15) is 12.6 Å². The van der Waals surface area contributed by atoms with E-state index in [1.165, 1.54) is 0 Å². The van der Waals surface area contributed by atoms with E-state index in [-0.39, 0.29) is 24.5 Å². The maximum Gasteiger partial charge on any atom is 0.326 e. The van der Waals surface area contributed by atoms with E-state index in [0.717, 1.165) is 30.6 Å². The van der Waals surface area contributed by atoms with E-state index in [4.69, 9.17) is 4.74 Å². The number of anilines is 2.